The Bertz CT molecular complexity index is 591. The molecule has 0 amide bonds. The largest absolute Gasteiger partial charge is 0.459 e. The van der Waals surface area contributed by atoms with Gasteiger partial charge in [-0.15, -0.1) is 0 Å². The number of furan rings is 1. The molecule has 2 unspecified atom stereocenters. The van der Waals surface area contributed by atoms with E-state index < -0.39 is 0 Å². The first-order valence-electron chi connectivity index (χ1n) is 8.13. The third-order valence-electron chi connectivity index (χ3n) is 4.30. The summed E-state index contributed by atoms with van der Waals surface area (Å²) in [6, 6.07) is 9.04. The molecule has 1 heterocycles. The second-order valence-corrected chi connectivity index (χ2v) is 7.11. The smallest absolute Gasteiger partial charge is 0.134 e. The summed E-state index contributed by atoms with van der Waals surface area (Å²) in [5, 5.41) is 4.77. The third-order valence-corrected chi connectivity index (χ3v) is 4.30. The van der Waals surface area contributed by atoms with Crippen LogP contribution in [0.5, 0.6) is 0 Å². The van der Waals surface area contributed by atoms with Crippen molar-refractivity contribution in [2.24, 2.45) is 5.41 Å². The van der Waals surface area contributed by atoms with Crippen molar-refractivity contribution in [1.82, 2.24) is 5.32 Å². The molecule has 1 aromatic heterocycles. The predicted molar refractivity (Wildman–Crippen MR) is 90.8 cm³/mol. The molecule has 0 saturated heterocycles. The van der Waals surface area contributed by atoms with Gasteiger partial charge in [0.15, 0.2) is 0 Å². The van der Waals surface area contributed by atoms with Gasteiger partial charge < -0.3 is 9.73 Å². The molecule has 0 saturated carbocycles. The third kappa shape index (κ3) is 3.49. The molecule has 2 heteroatoms. The summed E-state index contributed by atoms with van der Waals surface area (Å²) in [5.41, 5.74) is 2.51. The summed E-state index contributed by atoms with van der Waals surface area (Å²) < 4.78 is 6.12. The topological polar surface area (TPSA) is 25.2 Å². The van der Waals surface area contributed by atoms with Crippen LogP contribution in [0.25, 0.3) is 11.0 Å². The SMILES string of the molecule is CCNC(c1cc2cc(C(C)CC)ccc2o1)C(C)(C)C. The number of nitrogens with one attached hydrogen (secondary N) is 1. The summed E-state index contributed by atoms with van der Waals surface area (Å²) >= 11 is 0. The van der Waals surface area contributed by atoms with Crippen molar-refractivity contribution in [1.29, 1.82) is 0 Å². The molecule has 1 N–H and O–H groups in total. The number of hydrogen-bond donors (Lipinski definition) is 1. The lowest BCUT2D eigenvalue weighted by atomic mass is 9.85. The van der Waals surface area contributed by atoms with E-state index in [0.29, 0.717) is 5.92 Å². The maximum absolute atomic E-state index is 6.12. The first-order chi connectivity index (χ1) is 9.86. The molecule has 0 aliphatic rings. The van der Waals surface area contributed by atoms with E-state index in [0.717, 1.165) is 24.3 Å². The van der Waals surface area contributed by atoms with Crippen LogP contribution in [0.15, 0.2) is 28.7 Å². The van der Waals surface area contributed by atoms with Crippen LogP contribution in [0.2, 0.25) is 0 Å². The number of rotatable bonds is 5. The average molecular weight is 287 g/mol. The summed E-state index contributed by atoms with van der Waals surface area (Å²) in [4.78, 5) is 0. The van der Waals surface area contributed by atoms with Gasteiger partial charge in [-0.25, -0.2) is 0 Å². The van der Waals surface area contributed by atoms with E-state index in [4.69, 9.17) is 4.42 Å². The van der Waals surface area contributed by atoms with E-state index in [2.05, 4.69) is 71.1 Å². The molecule has 0 radical (unpaired) electrons. The molecular weight excluding hydrogens is 258 g/mol. The fourth-order valence-electron chi connectivity index (χ4n) is 2.80. The minimum atomic E-state index is 0.128. The molecule has 0 aliphatic carbocycles. The Kier molecular flexibility index (Phi) is 4.77. The van der Waals surface area contributed by atoms with E-state index in [-0.39, 0.29) is 11.5 Å². The van der Waals surface area contributed by atoms with Gasteiger partial charge in [0.25, 0.3) is 0 Å². The van der Waals surface area contributed by atoms with Crippen molar-refractivity contribution in [3.63, 3.8) is 0 Å². The van der Waals surface area contributed by atoms with E-state index >= 15 is 0 Å². The van der Waals surface area contributed by atoms with Gasteiger partial charge in [0, 0.05) is 5.39 Å². The highest BCUT2D eigenvalue weighted by atomic mass is 16.3. The maximum atomic E-state index is 6.12. The second kappa shape index (κ2) is 6.23. The minimum Gasteiger partial charge on any atom is -0.459 e. The van der Waals surface area contributed by atoms with Crippen molar-refractivity contribution in [2.75, 3.05) is 6.54 Å². The van der Waals surface area contributed by atoms with Crippen LogP contribution in [0.1, 0.15) is 71.2 Å². The standard InChI is InChI=1S/C19H29NO/c1-7-13(3)14-9-10-16-15(11-14)12-17(21-16)18(20-8-2)19(4,5)6/h9-13,18,20H,7-8H2,1-6H3. The van der Waals surface area contributed by atoms with Crippen molar-refractivity contribution in [3.8, 4) is 0 Å². The van der Waals surface area contributed by atoms with Gasteiger partial charge in [-0.05, 0) is 48.1 Å². The number of benzene rings is 1. The van der Waals surface area contributed by atoms with Gasteiger partial charge in [-0.2, -0.15) is 0 Å². The second-order valence-electron chi connectivity index (χ2n) is 7.11. The summed E-state index contributed by atoms with van der Waals surface area (Å²) in [6.07, 6.45) is 1.16. The van der Waals surface area contributed by atoms with Gasteiger partial charge in [-0.1, -0.05) is 47.6 Å². The number of fused-ring (bicyclic) bond motifs is 1. The molecule has 21 heavy (non-hydrogen) atoms. The lowest BCUT2D eigenvalue weighted by molar-refractivity contribution is 0.244. The predicted octanol–water partition coefficient (Wildman–Crippen LogP) is 5.64. The van der Waals surface area contributed by atoms with Gasteiger partial charge in [-0.3, -0.25) is 0 Å². The van der Waals surface area contributed by atoms with Crippen LogP contribution < -0.4 is 5.32 Å². The van der Waals surface area contributed by atoms with Gasteiger partial charge in [0.2, 0.25) is 0 Å². The Hall–Kier alpha value is -1.28. The van der Waals surface area contributed by atoms with Crippen molar-refractivity contribution < 1.29 is 4.42 Å². The zero-order valence-corrected chi connectivity index (χ0v) is 14.3. The Labute approximate surface area is 128 Å². The molecule has 0 fully saturated rings. The van der Waals surface area contributed by atoms with Gasteiger partial charge in [0.1, 0.15) is 11.3 Å². The van der Waals surface area contributed by atoms with Gasteiger partial charge >= 0.3 is 0 Å². The number of hydrogen-bond acceptors (Lipinski definition) is 2. The summed E-state index contributed by atoms with van der Waals surface area (Å²) in [6.45, 7) is 14.3. The zero-order chi connectivity index (χ0) is 15.6. The van der Waals surface area contributed by atoms with Crippen molar-refractivity contribution in [3.05, 3.63) is 35.6 Å². The molecule has 0 spiro atoms. The first-order valence-corrected chi connectivity index (χ1v) is 8.13. The molecule has 2 rings (SSSR count). The van der Waals surface area contributed by atoms with Crippen LogP contribution in [-0.2, 0) is 0 Å². The van der Waals surface area contributed by atoms with E-state index in [1.165, 1.54) is 10.9 Å². The quantitative estimate of drug-likeness (QED) is 0.769. The fraction of sp³-hybridized carbons (Fsp3) is 0.579. The van der Waals surface area contributed by atoms with E-state index in [1.54, 1.807) is 0 Å². The van der Waals surface area contributed by atoms with Crippen LogP contribution >= 0.6 is 0 Å². The minimum absolute atomic E-state index is 0.128. The molecule has 2 aromatic rings. The normalized spacial score (nSPS) is 15.3. The van der Waals surface area contributed by atoms with Crippen molar-refractivity contribution in [2.45, 2.75) is 59.9 Å². The van der Waals surface area contributed by atoms with Crippen LogP contribution in [0.3, 0.4) is 0 Å². The molecule has 2 atom stereocenters. The Morgan fingerprint density at radius 3 is 2.43 bits per heavy atom. The Morgan fingerprint density at radius 1 is 1.14 bits per heavy atom. The molecule has 1 aromatic carbocycles. The Balaban J connectivity index is 2.41. The van der Waals surface area contributed by atoms with Crippen LogP contribution in [0.4, 0.5) is 0 Å². The molecule has 2 nitrogen and oxygen atoms in total. The van der Waals surface area contributed by atoms with Crippen LogP contribution in [-0.4, -0.2) is 6.54 Å². The summed E-state index contributed by atoms with van der Waals surface area (Å²) in [5.74, 6) is 1.64. The fourth-order valence-corrected chi connectivity index (χ4v) is 2.80. The monoisotopic (exact) mass is 287 g/mol. The van der Waals surface area contributed by atoms with Gasteiger partial charge in [0.05, 0.1) is 6.04 Å². The van der Waals surface area contributed by atoms with Crippen molar-refractivity contribution >= 4 is 11.0 Å². The first kappa shape index (κ1) is 16.1. The molecular formula is C19H29NO. The average Bonchev–Trinajstić information content (AvgIpc) is 2.84. The molecule has 0 aliphatic heterocycles. The molecule has 0 bridgehead atoms. The highest BCUT2D eigenvalue weighted by Gasteiger charge is 2.28. The van der Waals surface area contributed by atoms with E-state index in [1.807, 2.05) is 0 Å². The maximum Gasteiger partial charge on any atom is 0.134 e. The lowest BCUT2D eigenvalue weighted by Crippen LogP contribution is -2.31. The van der Waals surface area contributed by atoms with E-state index in [9.17, 15) is 0 Å². The highest BCUT2D eigenvalue weighted by molar-refractivity contribution is 5.79. The molecule has 116 valence electrons. The van der Waals surface area contributed by atoms with Crippen LogP contribution in [0, 0.1) is 5.41 Å². The summed E-state index contributed by atoms with van der Waals surface area (Å²) in [7, 11) is 0. The Morgan fingerprint density at radius 2 is 1.86 bits per heavy atom. The highest BCUT2D eigenvalue weighted by Crippen LogP contribution is 2.36. The zero-order valence-electron chi connectivity index (χ0n) is 14.3. The lowest BCUT2D eigenvalue weighted by Gasteiger charge is -2.29.